The molecule has 23 heavy (non-hydrogen) atoms. The quantitative estimate of drug-likeness (QED) is 0.760. The maximum atomic E-state index is 12.7. The molecule has 0 saturated heterocycles. The smallest absolute Gasteiger partial charge is 0.354 e. The van der Waals surface area contributed by atoms with Gasteiger partial charge in [-0.15, -0.1) is 0 Å². The number of esters is 2. The van der Waals surface area contributed by atoms with E-state index in [1.54, 1.807) is 0 Å². The normalized spacial score (nSPS) is 18.2. The number of nitrogens with zero attached hydrogens (tertiary/aromatic N) is 1. The van der Waals surface area contributed by atoms with Crippen LogP contribution in [0.3, 0.4) is 0 Å². The summed E-state index contributed by atoms with van der Waals surface area (Å²) in [7, 11) is 1.31. The molecule has 1 N–H and O–H groups in total. The van der Waals surface area contributed by atoms with Gasteiger partial charge in [0.25, 0.3) is 0 Å². The van der Waals surface area contributed by atoms with Gasteiger partial charge in [0.15, 0.2) is 5.71 Å². The highest BCUT2D eigenvalue weighted by atomic mass is 16.6. The Balaban J connectivity index is 3.26. The van der Waals surface area contributed by atoms with Gasteiger partial charge in [0.05, 0.1) is 12.7 Å². The highest BCUT2D eigenvalue weighted by Gasteiger charge is 2.37. The summed E-state index contributed by atoms with van der Waals surface area (Å²) < 4.78 is 10.4. The Labute approximate surface area is 138 Å². The predicted molar refractivity (Wildman–Crippen MR) is 88.8 cm³/mol. The molecule has 1 rings (SSSR count). The molecule has 1 unspecified atom stereocenters. The molecule has 1 atom stereocenters. The number of methoxy groups -OCH3 is 1. The van der Waals surface area contributed by atoms with Gasteiger partial charge in [-0.2, -0.15) is 5.10 Å². The van der Waals surface area contributed by atoms with Crippen LogP contribution in [0.1, 0.15) is 60.3 Å². The summed E-state index contributed by atoms with van der Waals surface area (Å²) >= 11 is 0. The molecule has 130 valence electrons. The van der Waals surface area contributed by atoms with Gasteiger partial charge in [0, 0.05) is 11.6 Å². The zero-order valence-electron chi connectivity index (χ0n) is 15.0. The first-order chi connectivity index (χ1) is 10.7. The lowest BCUT2D eigenvalue weighted by atomic mass is 9.86. The standard InChI is InChI=1S/C17H28N2O4/c1-7-9-11-13(15(20)23-17(3,4)5)12(10-8-2)18-19-14(11)16(21)22-6/h11,18H,7-10H2,1-6H3. The van der Waals surface area contributed by atoms with Crippen LogP contribution in [0, 0.1) is 5.92 Å². The van der Waals surface area contributed by atoms with Gasteiger partial charge in [0.1, 0.15) is 5.60 Å². The molecular formula is C17H28N2O4. The van der Waals surface area contributed by atoms with Crippen molar-refractivity contribution in [2.75, 3.05) is 7.11 Å². The Hall–Kier alpha value is -1.85. The van der Waals surface area contributed by atoms with Crippen molar-refractivity contribution >= 4 is 17.7 Å². The number of carbonyl (C=O) groups is 2. The third-order valence-electron chi connectivity index (χ3n) is 3.41. The van der Waals surface area contributed by atoms with Crippen molar-refractivity contribution in [2.45, 2.75) is 65.9 Å². The van der Waals surface area contributed by atoms with Gasteiger partial charge in [-0.25, -0.2) is 9.59 Å². The van der Waals surface area contributed by atoms with Gasteiger partial charge in [-0.1, -0.05) is 26.7 Å². The molecule has 6 heteroatoms. The SMILES string of the molecule is CCCC1=C(C(=O)OC(C)(C)C)C(CCC)C(C(=O)OC)=NN1. The lowest BCUT2D eigenvalue weighted by Gasteiger charge is -2.29. The third-order valence-corrected chi connectivity index (χ3v) is 3.41. The van der Waals surface area contributed by atoms with E-state index in [4.69, 9.17) is 9.47 Å². The van der Waals surface area contributed by atoms with Gasteiger partial charge in [0.2, 0.25) is 0 Å². The Bertz CT molecular complexity index is 515. The number of allylic oxidation sites excluding steroid dienone is 1. The van der Waals surface area contributed by atoms with Gasteiger partial charge >= 0.3 is 11.9 Å². The predicted octanol–water partition coefficient (Wildman–Crippen LogP) is 2.93. The fourth-order valence-electron chi connectivity index (χ4n) is 2.51. The summed E-state index contributed by atoms with van der Waals surface area (Å²) in [4.78, 5) is 24.7. The lowest BCUT2D eigenvalue weighted by Crippen LogP contribution is -2.39. The van der Waals surface area contributed by atoms with Gasteiger partial charge in [-0.3, -0.25) is 5.43 Å². The van der Waals surface area contributed by atoms with Crippen LogP contribution in [0.4, 0.5) is 0 Å². The summed E-state index contributed by atoms with van der Waals surface area (Å²) in [6.45, 7) is 9.50. The van der Waals surface area contributed by atoms with E-state index in [2.05, 4.69) is 10.5 Å². The Morgan fingerprint density at radius 2 is 1.83 bits per heavy atom. The lowest BCUT2D eigenvalue weighted by molar-refractivity contribution is -0.150. The molecule has 0 fully saturated rings. The molecule has 0 aromatic carbocycles. The summed E-state index contributed by atoms with van der Waals surface area (Å²) in [6.07, 6.45) is 2.98. The van der Waals surface area contributed by atoms with E-state index < -0.39 is 23.5 Å². The average Bonchev–Trinajstić information content (AvgIpc) is 2.45. The van der Waals surface area contributed by atoms with E-state index >= 15 is 0 Å². The Kier molecular flexibility index (Phi) is 6.79. The zero-order valence-corrected chi connectivity index (χ0v) is 15.0. The molecule has 0 aromatic rings. The number of rotatable bonds is 6. The van der Waals surface area contributed by atoms with Crippen LogP contribution in [0.15, 0.2) is 16.4 Å². The van der Waals surface area contributed by atoms with E-state index in [0.29, 0.717) is 18.4 Å². The van der Waals surface area contributed by atoms with Crippen molar-refractivity contribution in [3.63, 3.8) is 0 Å². The molecular weight excluding hydrogens is 296 g/mol. The summed E-state index contributed by atoms with van der Waals surface area (Å²) in [5.74, 6) is -1.32. The Morgan fingerprint density at radius 1 is 1.17 bits per heavy atom. The minimum atomic E-state index is -0.599. The second-order valence-electron chi connectivity index (χ2n) is 6.59. The van der Waals surface area contributed by atoms with Gasteiger partial charge < -0.3 is 9.47 Å². The van der Waals surface area contributed by atoms with E-state index in [1.165, 1.54) is 7.11 Å². The van der Waals surface area contributed by atoms with Crippen molar-refractivity contribution in [3.05, 3.63) is 11.3 Å². The number of hydrogen-bond acceptors (Lipinski definition) is 6. The van der Waals surface area contributed by atoms with Crippen LogP contribution >= 0.6 is 0 Å². The number of ether oxygens (including phenoxy) is 2. The molecule has 1 aliphatic rings. The molecule has 0 amide bonds. The second kappa shape index (κ2) is 8.13. The van der Waals surface area contributed by atoms with Crippen LogP contribution in [0.2, 0.25) is 0 Å². The fourth-order valence-corrected chi connectivity index (χ4v) is 2.51. The van der Waals surface area contributed by atoms with Gasteiger partial charge in [-0.05, 0) is 33.6 Å². The summed E-state index contributed by atoms with van der Waals surface area (Å²) in [5, 5.41) is 4.16. The Morgan fingerprint density at radius 3 is 2.30 bits per heavy atom. The number of carbonyl (C=O) groups excluding carboxylic acids is 2. The molecule has 0 radical (unpaired) electrons. The van der Waals surface area contributed by atoms with Crippen LogP contribution in [-0.4, -0.2) is 30.4 Å². The molecule has 0 spiro atoms. The maximum absolute atomic E-state index is 12.7. The van der Waals surface area contributed by atoms with Crippen molar-refractivity contribution < 1.29 is 19.1 Å². The number of nitrogens with one attached hydrogen (secondary N) is 1. The topological polar surface area (TPSA) is 77.0 Å². The summed E-state index contributed by atoms with van der Waals surface area (Å²) in [5.41, 5.74) is 3.72. The van der Waals surface area contributed by atoms with E-state index in [0.717, 1.165) is 18.5 Å². The van der Waals surface area contributed by atoms with E-state index in [9.17, 15) is 9.59 Å². The molecule has 0 bridgehead atoms. The number of hydrogen-bond donors (Lipinski definition) is 1. The van der Waals surface area contributed by atoms with E-state index in [-0.39, 0.29) is 5.71 Å². The first-order valence-corrected chi connectivity index (χ1v) is 8.13. The van der Waals surface area contributed by atoms with Crippen molar-refractivity contribution in [1.82, 2.24) is 5.43 Å². The highest BCUT2D eigenvalue weighted by Crippen LogP contribution is 2.29. The van der Waals surface area contributed by atoms with Crippen molar-refractivity contribution in [1.29, 1.82) is 0 Å². The van der Waals surface area contributed by atoms with Crippen LogP contribution < -0.4 is 5.43 Å². The van der Waals surface area contributed by atoms with Crippen molar-refractivity contribution in [2.24, 2.45) is 11.0 Å². The van der Waals surface area contributed by atoms with E-state index in [1.807, 2.05) is 34.6 Å². The van der Waals surface area contributed by atoms with Crippen LogP contribution in [-0.2, 0) is 19.1 Å². The molecule has 0 aromatic heterocycles. The monoisotopic (exact) mass is 324 g/mol. The minimum Gasteiger partial charge on any atom is -0.464 e. The van der Waals surface area contributed by atoms with Crippen LogP contribution in [0.5, 0.6) is 0 Å². The minimum absolute atomic E-state index is 0.232. The molecule has 1 heterocycles. The third kappa shape index (κ3) is 5.08. The largest absolute Gasteiger partial charge is 0.464 e. The molecule has 1 aliphatic heterocycles. The van der Waals surface area contributed by atoms with Crippen molar-refractivity contribution in [3.8, 4) is 0 Å². The summed E-state index contributed by atoms with van der Waals surface area (Å²) in [6, 6.07) is 0. The molecule has 0 aliphatic carbocycles. The maximum Gasteiger partial charge on any atom is 0.354 e. The molecule has 6 nitrogen and oxygen atoms in total. The fraction of sp³-hybridized carbons (Fsp3) is 0.706. The number of hydrazone groups is 1. The van der Waals surface area contributed by atoms with Crippen LogP contribution in [0.25, 0.3) is 0 Å². The first-order valence-electron chi connectivity index (χ1n) is 8.13. The first kappa shape index (κ1) is 19.2. The highest BCUT2D eigenvalue weighted by molar-refractivity contribution is 6.38. The second-order valence-corrected chi connectivity index (χ2v) is 6.59. The molecule has 0 saturated carbocycles. The average molecular weight is 324 g/mol. The zero-order chi connectivity index (χ0) is 17.6.